The number of ether oxygens (including phenoxy) is 4. The van der Waals surface area contributed by atoms with Crippen LogP contribution in [0, 0.1) is 23.7 Å². The summed E-state index contributed by atoms with van der Waals surface area (Å²) in [6, 6.07) is 0. The average Bonchev–Trinajstić information content (AvgIpc) is 3.21. The minimum Gasteiger partial charge on any atom is -0.462 e. The Morgan fingerprint density at radius 2 is 0.522 bits per heavy atom. The summed E-state index contributed by atoms with van der Waals surface area (Å²) < 4.78 is 68.4. The zero-order valence-corrected chi connectivity index (χ0v) is 62.0. The van der Waals surface area contributed by atoms with Crippen molar-refractivity contribution in [3.63, 3.8) is 0 Å². The van der Waals surface area contributed by atoms with Crippen LogP contribution in [0.3, 0.4) is 0 Å². The van der Waals surface area contributed by atoms with E-state index in [2.05, 4.69) is 55.4 Å². The molecule has 0 aromatic heterocycles. The first-order valence-electron chi connectivity index (χ1n) is 37.7. The lowest BCUT2D eigenvalue weighted by molar-refractivity contribution is -0.161. The highest BCUT2D eigenvalue weighted by atomic mass is 31.2. The molecule has 0 aromatic rings. The van der Waals surface area contributed by atoms with E-state index in [9.17, 15) is 43.2 Å². The van der Waals surface area contributed by atoms with Crippen LogP contribution in [0.4, 0.5) is 0 Å². The lowest BCUT2D eigenvalue weighted by Crippen LogP contribution is -2.30. The van der Waals surface area contributed by atoms with Gasteiger partial charge < -0.3 is 33.8 Å². The van der Waals surface area contributed by atoms with E-state index >= 15 is 0 Å². The zero-order chi connectivity index (χ0) is 68.2. The molecule has 92 heavy (non-hydrogen) atoms. The topological polar surface area (TPSA) is 237 Å². The van der Waals surface area contributed by atoms with Crippen molar-refractivity contribution in [3.8, 4) is 0 Å². The van der Waals surface area contributed by atoms with Crippen LogP contribution < -0.4 is 0 Å². The first-order valence-corrected chi connectivity index (χ1v) is 40.7. The van der Waals surface area contributed by atoms with Crippen LogP contribution in [0.2, 0.25) is 0 Å². The molecule has 0 fully saturated rings. The fourth-order valence-electron chi connectivity index (χ4n) is 11.0. The van der Waals surface area contributed by atoms with E-state index in [1.807, 2.05) is 0 Å². The van der Waals surface area contributed by atoms with E-state index in [1.54, 1.807) is 0 Å². The molecule has 6 atom stereocenters. The van der Waals surface area contributed by atoms with Gasteiger partial charge in [-0.25, -0.2) is 9.13 Å². The minimum atomic E-state index is -4.96. The van der Waals surface area contributed by atoms with Crippen LogP contribution in [0.15, 0.2) is 0 Å². The maximum atomic E-state index is 13.1. The average molecular weight is 1350 g/mol. The molecule has 19 heteroatoms. The molecular formula is C73H142O17P2. The number of hydrogen-bond acceptors (Lipinski definition) is 15. The van der Waals surface area contributed by atoms with Crippen molar-refractivity contribution in [1.82, 2.24) is 0 Å². The highest BCUT2D eigenvalue weighted by molar-refractivity contribution is 7.47. The van der Waals surface area contributed by atoms with Crippen LogP contribution in [0.1, 0.15) is 364 Å². The van der Waals surface area contributed by atoms with Gasteiger partial charge in [-0.3, -0.25) is 37.3 Å². The molecule has 0 heterocycles. The SMILES string of the molecule is CCC(C)CCCCCCCCCCCCCCCCC(=O)O[C@H](COC(=O)CCCCCCCCCCCC(C)C)COP(=O)(O)OCC(O)COP(=O)(O)OC[C@@H](COC(=O)CCCCCCCCCC(C)C)OC(=O)CCCCCCCCCCCC(C)C. The summed E-state index contributed by atoms with van der Waals surface area (Å²) in [6.07, 6.45) is 45.9. The third-order valence-corrected chi connectivity index (χ3v) is 19.1. The van der Waals surface area contributed by atoms with Crippen molar-refractivity contribution in [2.45, 2.75) is 382 Å². The lowest BCUT2D eigenvalue weighted by atomic mass is 9.99. The molecule has 0 amide bonds. The van der Waals surface area contributed by atoms with Crippen molar-refractivity contribution in [3.05, 3.63) is 0 Å². The summed E-state index contributed by atoms with van der Waals surface area (Å²) in [5, 5.41) is 10.6. The van der Waals surface area contributed by atoms with Gasteiger partial charge in [0.05, 0.1) is 26.4 Å². The molecule has 0 aliphatic carbocycles. The van der Waals surface area contributed by atoms with Gasteiger partial charge >= 0.3 is 39.5 Å². The van der Waals surface area contributed by atoms with E-state index in [1.165, 1.54) is 161 Å². The Hall–Kier alpha value is -1.94. The Bertz CT molecular complexity index is 1820. The molecular weight excluding hydrogens is 1210 g/mol. The largest absolute Gasteiger partial charge is 0.472 e. The summed E-state index contributed by atoms with van der Waals surface area (Å²) in [6.45, 7) is 14.1. The molecule has 0 aliphatic rings. The number of carbonyl (C=O) groups excluding carboxylic acids is 4. The van der Waals surface area contributed by atoms with Crippen LogP contribution in [0.5, 0.6) is 0 Å². The second kappa shape index (κ2) is 62.6. The van der Waals surface area contributed by atoms with E-state index in [4.69, 9.17) is 37.0 Å². The summed E-state index contributed by atoms with van der Waals surface area (Å²) in [7, 11) is -9.91. The van der Waals surface area contributed by atoms with Crippen LogP contribution in [-0.4, -0.2) is 96.7 Å². The monoisotopic (exact) mass is 1350 g/mol. The molecule has 0 spiro atoms. The Labute approximate surface area is 562 Å². The van der Waals surface area contributed by atoms with Crippen molar-refractivity contribution >= 4 is 39.5 Å². The molecule has 546 valence electrons. The number of unbranched alkanes of at least 4 members (excludes halogenated alkanes) is 35. The van der Waals surface area contributed by atoms with Crippen molar-refractivity contribution in [2.75, 3.05) is 39.6 Å². The van der Waals surface area contributed by atoms with Gasteiger partial charge in [0.2, 0.25) is 0 Å². The van der Waals surface area contributed by atoms with E-state index < -0.39 is 97.5 Å². The van der Waals surface area contributed by atoms with Gasteiger partial charge in [-0.2, -0.15) is 0 Å². The number of aliphatic hydroxyl groups is 1. The molecule has 0 rings (SSSR count). The molecule has 0 radical (unpaired) electrons. The lowest BCUT2D eigenvalue weighted by Gasteiger charge is -2.21. The van der Waals surface area contributed by atoms with Gasteiger partial charge in [0.15, 0.2) is 12.2 Å². The number of hydrogen-bond donors (Lipinski definition) is 3. The summed E-state index contributed by atoms with van der Waals surface area (Å²) in [5.74, 6) is 0.905. The van der Waals surface area contributed by atoms with E-state index in [0.29, 0.717) is 31.6 Å². The van der Waals surface area contributed by atoms with Gasteiger partial charge in [-0.1, -0.05) is 312 Å². The molecule has 4 unspecified atom stereocenters. The Morgan fingerprint density at radius 3 is 0.772 bits per heavy atom. The van der Waals surface area contributed by atoms with Gasteiger partial charge in [0, 0.05) is 25.7 Å². The third-order valence-electron chi connectivity index (χ3n) is 17.2. The maximum absolute atomic E-state index is 13.1. The van der Waals surface area contributed by atoms with E-state index in [-0.39, 0.29) is 25.7 Å². The molecule has 0 bridgehead atoms. The molecule has 17 nitrogen and oxygen atoms in total. The highest BCUT2D eigenvalue weighted by Crippen LogP contribution is 2.45. The van der Waals surface area contributed by atoms with Crippen LogP contribution in [0.25, 0.3) is 0 Å². The molecule has 0 saturated heterocycles. The fraction of sp³-hybridized carbons (Fsp3) is 0.945. The number of phosphoric ester groups is 2. The zero-order valence-electron chi connectivity index (χ0n) is 60.2. The first kappa shape index (κ1) is 90.1. The molecule has 0 aromatic carbocycles. The molecule has 0 saturated carbocycles. The second-order valence-electron chi connectivity index (χ2n) is 28.0. The number of aliphatic hydroxyl groups excluding tert-OH is 1. The Balaban J connectivity index is 5.24. The fourth-order valence-corrected chi connectivity index (χ4v) is 12.6. The van der Waals surface area contributed by atoms with Crippen molar-refractivity contribution in [1.29, 1.82) is 0 Å². The molecule has 0 aliphatic heterocycles. The Kier molecular flexibility index (Phi) is 61.3. The number of rotatable bonds is 70. The van der Waals surface area contributed by atoms with Crippen molar-refractivity contribution in [2.24, 2.45) is 23.7 Å². The standard InChI is InChI=1S/C73H142O17P2/c1-9-66(8)52-44-36-28-20-14-12-10-11-13-15-21-30-39-47-55-72(77)89-68(59-83-70(75)53-45-37-29-22-16-18-25-33-41-49-63(2)3)61-87-91(79,80)85-57-67(74)58-86-92(81,82)88-62-69(60-84-71(76)54-46-38-32-24-27-35-43-51-65(6)7)90-73(78)56-48-40-31-23-17-19-26-34-42-50-64(4)5/h63-69,74H,9-62H2,1-8H3,(H,79,80)(H,81,82)/t66?,67?,68-,69-/m1/s1. The van der Waals surface area contributed by atoms with E-state index in [0.717, 1.165) is 114 Å². The Morgan fingerprint density at radius 1 is 0.304 bits per heavy atom. The van der Waals surface area contributed by atoms with Gasteiger partial charge in [-0.15, -0.1) is 0 Å². The number of carbonyl (C=O) groups is 4. The highest BCUT2D eigenvalue weighted by Gasteiger charge is 2.30. The summed E-state index contributed by atoms with van der Waals surface area (Å²) >= 11 is 0. The number of phosphoric acid groups is 2. The third kappa shape index (κ3) is 65.4. The van der Waals surface area contributed by atoms with Gasteiger partial charge in [0.1, 0.15) is 19.3 Å². The maximum Gasteiger partial charge on any atom is 0.472 e. The molecule has 3 N–H and O–H groups in total. The second-order valence-corrected chi connectivity index (χ2v) is 30.9. The van der Waals surface area contributed by atoms with Crippen molar-refractivity contribution < 1.29 is 80.2 Å². The quantitative estimate of drug-likeness (QED) is 0.0222. The number of esters is 4. The van der Waals surface area contributed by atoms with Gasteiger partial charge in [0.25, 0.3) is 0 Å². The van der Waals surface area contributed by atoms with Gasteiger partial charge in [-0.05, 0) is 49.4 Å². The van der Waals surface area contributed by atoms with Crippen LogP contribution in [-0.2, 0) is 65.4 Å². The minimum absolute atomic E-state index is 0.104. The summed E-state index contributed by atoms with van der Waals surface area (Å²) in [5.41, 5.74) is 0. The summed E-state index contributed by atoms with van der Waals surface area (Å²) in [4.78, 5) is 72.6. The first-order chi connectivity index (χ1) is 44.1. The normalized spacial score (nSPS) is 14.5. The van der Waals surface area contributed by atoms with Crippen LogP contribution >= 0.6 is 15.6 Å². The smallest absolute Gasteiger partial charge is 0.462 e. The predicted octanol–water partition coefficient (Wildman–Crippen LogP) is 20.9. The predicted molar refractivity (Wildman–Crippen MR) is 372 cm³/mol.